The van der Waals surface area contributed by atoms with Crippen LogP contribution in [-0.2, 0) is 16.0 Å². The van der Waals surface area contributed by atoms with Crippen molar-refractivity contribution in [3.63, 3.8) is 0 Å². The topological polar surface area (TPSA) is 97.1 Å². The maximum Gasteiger partial charge on any atom is 0.247 e. The third-order valence-electron chi connectivity index (χ3n) is 4.10. The fraction of sp³-hybridized carbons (Fsp3) is 0.412. The van der Waals surface area contributed by atoms with Gasteiger partial charge in [-0.15, -0.1) is 10.2 Å². The Hall–Kier alpha value is -2.70. The molecule has 24 heavy (non-hydrogen) atoms. The first-order chi connectivity index (χ1) is 11.5. The van der Waals surface area contributed by atoms with Gasteiger partial charge in [0.2, 0.25) is 23.6 Å². The third kappa shape index (κ3) is 3.98. The van der Waals surface area contributed by atoms with E-state index >= 15 is 0 Å². The van der Waals surface area contributed by atoms with Crippen LogP contribution in [0.4, 0.5) is 0 Å². The predicted octanol–water partition coefficient (Wildman–Crippen LogP) is 1.78. The number of nitrogens with zero attached hydrogens (tertiary/aromatic N) is 2. The lowest BCUT2D eigenvalue weighted by molar-refractivity contribution is -0.129. The molecule has 0 unspecified atom stereocenters. The second kappa shape index (κ2) is 6.82. The monoisotopic (exact) mass is 328 g/mol. The number of carbonyl (C=O) groups excluding carboxylic acids is 2. The average molecular weight is 328 g/mol. The first kappa shape index (κ1) is 16.2. The van der Waals surface area contributed by atoms with Gasteiger partial charge in [0.15, 0.2) is 0 Å². The van der Waals surface area contributed by atoms with Gasteiger partial charge >= 0.3 is 0 Å². The molecule has 2 atom stereocenters. The molecule has 0 radical (unpaired) electrons. The van der Waals surface area contributed by atoms with Gasteiger partial charge in [-0.25, -0.2) is 0 Å². The highest BCUT2D eigenvalue weighted by molar-refractivity contribution is 5.85. The van der Waals surface area contributed by atoms with Gasteiger partial charge in [0.25, 0.3) is 0 Å². The summed E-state index contributed by atoms with van der Waals surface area (Å²) < 4.78 is 5.56. The zero-order chi connectivity index (χ0) is 17.1. The molecular weight excluding hydrogens is 308 g/mol. The fourth-order valence-corrected chi connectivity index (χ4v) is 2.36. The van der Waals surface area contributed by atoms with E-state index in [1.165, 1.54) is 0 Å². The molecule has 0 bridgehead atoms. The van der Waals surface area contributed by atoms with E-state index in [4.69, 9.17) is 4.42 Å². The van der Waals surface area contributed by atoms with Gasteiger partial charge < -0.3 is 4.42 Å². The maximum absolute atomic E-state index is 11.7. The van der Waals surface area contributed by atoms with Crippen molar-refractivity contribution in [2.75, 3.05) is 0 Å². The largest absolute Gasteiger partial charge is 0.421 e. The summed E-state index contributed by atoms with van der Waals surface area (Å²) >= 11 is 0. The van der Waals surface area contributed by atoms with Crippen molar-refractivity contribution < 1.29 is 14.0 Å². The SMILES string of the molecule is Cc1ccc(-c2nnc(CCC(=O)NNC(=O)[C@H]3C[C@H]3C)o2)cc1. The number of aryl methyl sites for hydroxylation is 2. The molecule has 1 aromatic heterocycles. The highest BCUT2D eigenvalue weighted by Crippen LogP contribution is 2.37. The van der Waals surface area contributed by atoms with Crippen LogP contribution in [0, 0.1) is 18.8 Å². The quantitative estimate of drug-likeness (QED) is 0.816. The Morgan fingerprint density at radius 2 is 1.92 bits per heavy atom. The Morgan fingerprint density at radius 3 is 2.58 bits per heavy atom. The lowest BCUT2D eigenvalue weighted by Gasteiger charge is -2.05. The van der Waals surface area contributed by atoms with E-state index in [2.05, 4.69) is 21.0 Å². The van der Waals surface area contributed by atoms with E-state index in [-0.39, 0.29) is 24.2 Å². The van der Waals surface area contributed by atoms with Crippen LogP contribution in [-0.4, -0.2) is 22.0 Å². The van der Waals surface area contributed by atoms with Crippen LogP contribution >= 0.6 is 0 Å². The summed E-state index contributed by atoms with van der Waals surface area (Å²) in [6.07, 6.45) is 1.36. The van der Waals surface area contributed by atoms with Crippen molar-refractivity contribution >= 4 is 11.8 Å². The highest BCUT2D eigenvalue weighted by Gasteiger charge is 2.39. The summed E-state index contributed by atoms with van der Waals surface area (Å²) in [5.41, 5.74) is 6.85. The smallest absolute Gasteiger partial charge is 0.247 e. The molecule has 1 saturated carbocycles. The number of hydrogen-bond donors (Lipinski definition) is 2. The molecule has 2 aromatic rings. The molecule has 1 heterocycles. The van der Waals surface area contributed by atoms with Crippen LogP contribution in [0.15, 0.2) is 28.7 Å². The zero-order valence-corrected chi connectivity index (χ0v) is 13.7. The summed E-state index contributed by atoms with van der Waals surface area (Å²) in [7, 11) is 0. The standard InChI is InChI=1S/C17H20N4O3/c1-10-3-5-12(6-4-10)17-21-19-15(24-17)8-7-14(22)18-20-16(23)13-9-11(13)2/h3-6,11,13H,7-9H2,1-2H3,(H,18,22)(H,20,23)/t11-,13+/m1/s1. The number of carbonyl (C=O) groups is 2. The molecule has 0 spiro atoms. The minimum atomic E-state index is -0.285. The molecule has 1 aliphatic rings. The van der Waals surface area contributed by atoms with E-state index in [0.29, 0.717) is 24.1 Å². The Labute approximate surface area is 139 Å². The fourth-order valence-electron chi connectivity index (χ4n) is 2.36. The number of aromatic nitrogens is 2. The zero-order valence-electron chi connectivity index (χ0n) is 13.7. The molecule has 2 amide bonds. The van der Waals surface area contributed by atoms with Gasteiger partial charge in [0.05, 0.1) is 0 Å². The normalized spacial score (nSPS) is 18.9. The van der Waals surface area contributed by atoms with Crippen LogP contribution in [0.3, 0.4) is 0 Å². The lowest BCUT2D eigenvalue weighted by Crippen LogP contribution is -2.42. The molecule has 3 rings (SSSR count). The highest BCUT2D eigenvalue weighted by atomic mass is 16.4. The molecule has 1 aliphatic carbocycles. The molecule has 0 saturated heterocycles. The van der Waals surface area contributed by atoms with Gasteiger partial charge in [-0.3, -0.25) is 20.4 Å². The second-order valence-corrected chi connectivity index (χ2v) is 6.22. The Kier molecular flexibility index (Phi) is 4.59. The number of rotatable bonds is 5. The van der Waals surface area contributed by atoms with Crippen LogP contribution in [0.1, 0.15) is 31.2 Å². The molecule has 126 valence electrons. The predicted molar refractivity (Wildman–Crippen MR) is 86.3 cm³/mol. The molecule has 7 nitrogen and oxygen atoms in total. The minimum absolute atomic E-state index is 0.0262. The van der Waals surface area contributed by atoms with Gasteiger partial charge in [-0.2, -0.15) is 0 Å². The van der Waals surface area contributed by atoms with Gasteiger partial charge in [0.1, 0.15) is 0 Å². The first-order valence-corrected chi connectivity index (χ1v) is 8.01. The van der Waals surface area contributed by atoms with Crippen molar-refractivity contribution in [2.24, 2.45) is 11.8 Å². The average Bonchev–Trinajstić information content (AvgIpc) is 3.12. The molecule has 0 aliphatic heterocycles. The summed E-state index contributed by atoms with van der Waals surface area (Å²) in [6, 6.07) is 7.76. The van der Waals surface area contributed by atoms with E-state index in [1.807, 2.05) is 38.1 Å². The number of hydrazine groups is 1. The van der Waals surface area contributed by atoms with Gasteiger partial charge in [-0.1, -0.05) is 24.6 Å². The lowest BCUT2D eigenvalue weighted by atomic mass is 10.1. The van der Waals surface area contributed by atoms with Crippen molar-refractivity contribution in [1.29, 1.82) is 0 Å². The van der Waals surface area contributed by atoms with Gasteiger partial charge in [-0.05, 0) is 31.4 Å². The van der Waals surface area contributed by atoms with Crippen molar-refractivity contribution in [3.8, 4) is 11.5 Å². The minimum Gasteiger partial charge on any atom is -0.421 e. The summed E-state index contributed by atoms with van der Waals surface area (Å²) in [5.74, 6) is 0.838. The van der Waals surface area contributed by atoms with Crippen LogP contribution < -0.4 is 10.9 Å². The second-order valence-electron chi connectivity index (χ2n) is 6.22. The van der Waals surface area contributed by atoms with Crippen molar-refractivity contribution in [3.05, 3.63) is 35.7 Å². The number of hydrogen-bond acceptors (Lipinski definition) is 5. The molecule has 2 N–H and O–H groups in total. The molecule has 7 heteroatoms. The Bertz CT molecular complexity index is 739. The van der Waals surface area contributed by atoms with Crippen molar-refractivity contribution in [1.82, 2.24) is 21.0 Å². The van der Waals surface area contributed by atoms with E-state index in [9.17, 15) is 9.59 Å². The van der Waals surface area contributed by atoms with Crippen molar-refractivity contribution in [2.45, 2.75) is 33.1 Å². The number of benzene rings is 1. The number of nitrogens with one attached hydrogen (secondary N) is 2. The maximum atomic E-state index is 11.7. The van der Waals surface area contributed by atoms with E-state index in [1.54, 1.807) is 0 Å². The molecular formula is C17H20N4O3. The molecule has 1 fully saturated rings. The summed E-state index contributed by atoms with van der Waals surface area (Å²) in [5, 5.41) is 7.94. The summed E-state index contributed by atoms with van der Waals surface area (Å²) in [4.78, 5) is 23.4. The van der Waals surface area contributed by atoms with Gasteiger partial charge in [0, 0.05) is 24.3 Å². The third-order valence-corrected chi connectivity index (χ3v) is 4.10. The summed E-state index contributed by atoms with van der Waals surface area (Å²) in [6.45, 7) is 4.01. The van der Waals surface area contributed by atoms with E-state index < -0.39 is 0 Å². The van der Waals surface area contributed by atoms with Crippen LogP contribution in [0.25, 0.3) is 11.5 Å². The Morgan fingerprint density at radius 1 is 1.21 bits per heavy atom. The number of amides is 2. The van der Waals surface area contributed by atoms with Crippen LogP contribution in [0.5, 0.6) is 0 Å². The van der Waals surface area contributed by atoms with E-state index in [0.717, 1.165) is 17.5 Å². The van der Waals surface area contributed by atoms with Crippen LogP contribution in [0.2, 0.25) is 0 Å². The Balaban J connectivity index is 1.45. The first-order valence-electron chi connectivity index (χ1n) is 8.01. The molecule has 1 aromatic carbocycles.